The highest BCUT2D eigenvalue weighted by atomic mass is 16.5. The van der Waals surface area contributed by atoms with E-state index >= 15 is 0 Å². The number of carbonyl (C=O) groups is 1. The van der Waals surface area contributed by atoms with E-state index in [1.54, 1.807) is 0 Å². The van der Waals surface area contributed by atoms with Gasteiger partial charge in [0.05, 0.1) is 7.11 Å². The smallest absolute Gasteiger partial charge is 0.360 e. The van der Waals surface area contributed by atoms with Crippen LogP contribution in [0.25, 0.3) is 0 Å². The lowest BCUT2D eigenvalue weighted by molar-refractivity contribution is 0.0589. The number of aromatic nitrogens is 2. The molecular formula is C15H26N2O4. The first-order valence-corrected chi connectivity index (χ1v) is 7.33. The van der Waals surface area contributed by atoms with Crippen molar-refractivity contribution in [3.8, 4) is 5.75 Å². The minimum atomic E-state index is -0.805. The number of aromatic hydroxyl groups is 1. The van der Waals surface area contributed by atoms with Crippen LogP contribution < -0.4 is 5.56 Å². The zero-order chi connectivity index (χ0) is 16.6. The van der Waals surface area contributed by atoms with Crippen molar-refractivity contribution >= 4 is 5.97 Å². The second-order valence-electron chi connectivity index (χ2n) is 4.47. The molecule has 1 aromatic rings. The Morgan fingerprint density at radius 1 is 1.33 bits per heavy atom. The molecule has 0 aliphatic heterocycles. The first kappa shape index (κ1) is 19.1. The number of hydrogen-bond acceptors (Lipinski definition) is 5. The molecule has 6 nitrogen and oxygen atoms in total. The molecule has 1 heterocycles. The molecule has 0 bridgehead atoms. The Morgan fingerprint density at radius 2 is 1.86 bits per heavy atom. The van der Waals surface area contributed by atoms with Gasteiger partial charge < -0.3 is 9.84 Å². The van der Waals surface area contributed by atoms with Gasteiger partial charge in [-0.1, -0.05) is 40.5 Å². The van der Waals surface area contributed by atoms with Crippen molar-refractivity contribution in [2.45, 2.75) is 47.0 Å². The highest BCUT2D eigenvalue weighted by Crippen LogP contribution is 2.16. The molecule has 21 heavy (non-hydrogen) atoms. The Morgan fingerprint density at radius 3 is 2.29 bits per heavy atom. The van der Waals surface area contributed by atoms with E-state index in [0.29, 0.717) is 18.2 Å². The lowest BCUT2D eigenvalue weighted by Gasteiger charge is -2.15. The van der Waals surface area contributed by atoms with Crippen LogP contribution in [0.3, 0.4) is 0 Å². The molecule has 0 radical (unpaired) electrons. The summed E-state index contributed by atoms with van der Waals surface area (Å²) in [5, 5.41) is 9.66. The summed E-state index contributed by atoms with van der Waals surface area (Å²) in [6, 6.07) is 0. The molecule has 0 spiro atoms. The minimum absolute atomic E-state index is 0.313. The second kappa shape index (κ2) is 9.15. The number of ether oxygens (including phenoxy) is 1. The zero-order valence-electron chi connectivity index (χ0n) is 13.8. The minimum Gasteiger partial charge on any atom is -0.501 e. The molecule has 0 amide bonds. The summed E-state index contributed by atoms with van der Waals surface area (Å²) in [5.74, 6) is -0.603. The molecule has 1 aromatic heterocycles. The summed E-state index contributed by atoms with van der Waals surface area (Å²) >= 11 is 0. The normalized spacial score (nSPS) is 10.0. The van der Waals surface area contributed by atoms with Crippen LogP contribution in [0.15, 0.2) is 4.79 Å². The van der Waals surface area contributed by atoms with Crippen LogP contribution in [0.5, 0.6) is 5.75 Å². The SMILES string of the molecule is CC.CCC(CC)Cc1nc(C(=O)OC)c(O)c(=O)n1C. The van der Waals surface area contributed by atoms with Crippen LogP contribution in [-0.2, 0) is 18.2 Å². The molecule has 0 saturated heterocycles. The molecule has 0 aliphatic carbocycles. The van der Waals surface area contributed by atoms with Gasteiger partial charge in [-0.25, -0.2) is 9.78 Å². The van der Waals surface area contributed by atoms with Crippen LogP contribution in [0.1, 0.15) is 56.8 Å². The van der Waals surface area contributed by atoms with Crippen LogP contribution >= 0.6 is 0 Å². The van der Waals surface area contributed by atoms with Crippen molar-refractivity contribution in [1.82, 2.24) is 9.55 Å². The average Bonchev–Trinajstić information content (AvgIpc) is 2.53. The molecule has 0 saturated carbocycles. The van der Waals surface area contributed by atoms with E-state index in [1.165, 1.54) is 18.7 Å². The number of methoxy groups -OCH3 is 1. The van der Waals surface area contributed by atoms with Gasteiger partial charge in [0.15, 0.2) is 5.69 Å². The molecule has 0 aliphatic rings. The van der Waals surface area contributed by atoms with Gasteiger partial charge in [0.1, 0.15) is 5.82 Å². The number of carbonyl (C=O) groups excluding carboxylic acids is 1. The van der Waals surface area contributed by atoms with Crippen LogP contribution in [0.4, 0.5) is 0 Å². The summed E-state index contributed by atoms with van der Waals surface area (Å²) in [5.41, 5.74) is -0.942. The Kier molecular flexibility index (Phi) is 8.35. The lowest BCUT2D eigenvalue weighted by atomic mass is 9.99. The van der Waals surface area contributed by atoms with E-state index in [-0.39, 0.29) is 5.69 Å². The number of rotatable bonds is 5. The maximum absolute atomic E-state index is 11.9. The standard InChI is InChI=1S/C13H20N2O4.C2H6/c1-5-8(6-2)7-9-14-10(13(18)19-4)11(16)12(17)15(9)3;1-2/h8,16H,5-7H2,1-4H3;1-2H3. The molecule has 6 heteroatoms. The Labute approximate surface area is 125 Å². The van der Waals surface area contributed by atoms with Crippen molar-refractivity contribution in [2.24, 2.45) is 13.0 Å². The van der Waals surface area contributed by atoms with Crippen LogP contribution in [0.2, 0.25) is 0 Å². The monoisotopic (exact) mass is 298 g/mol. The van der Waals surface area contributed by atoms with Crippen molar-refractivity contribution in [1.29, 1.82) is 0 Å². The molecule has 1 rings (SSSR count). The first-order valence-electron chi connectivity index (χ1n) is 7.33. The quantitative estimate of drug-likeness (QED) is 0.843. The Bertz CT molecular complexity index is 519. The molecule has 0 atom stereocenters. The number of hydrogen-bond donors (Lipinski definition) is 1. The largest absolute Gasteiger partial charge is 0.501 e. The summed E-state index contributed by atoms with van der Waals surface area (Å²) in [4.78, 5) is 27.4. The third-order valence-electron chi connectivity index (χ3n) is 3.36. The van der Waals surface area contributed by atoms with Gasteiger partial charge in [-0.2, -0.15) is 0 Å². The fourth-order valence-corrected chi connectivity index (χ4v) is 1.89. The van der Waals surface area contributed by atoms with Crippen LogP contribution in [-0.4, -0.2) is 27.7 Å². The predicted octanol–water partition coefficient (Wildman–Crippen LogP) is 2.28. The van der Waals surface area contributed by atoms with Crippen molar-refractivity contribution in [3.63, 3.8) is 0 Å². The number of nitrogens with zero attached hydrogens (tertiary/aromatic N) is 2. The van der Waals surface area contributed by atoms with Crippen molar-refractivity contribution in [3.05, 3.63) is 21.9 Å². The molecule has 0 fully saturated rings. The predicted molar refractivity (Wildman–Crippen MR) is 81.6 cm³/mol. The van der Waals surface area contributed by atoms with Crippen molar-refractivity contribution < 1.29 is 14.6 Å². The molecular weight excluding hydrogens is 272 g/mol. The highest BCUT2D eigenvalue weighted by Gasteiger charge is 2.21. The van der Waals surface area contributed by atoms with Crippen molar-refractivity contribution in [2.75, 3.05) is 7.11 Å². The molecule has 120 valence electrons. The average molecular weight is 298 g/mol. The van der Waals surface area contributed by atoms with E-state index in [0.717, 1.165) is 12.8 Å². The molecule has 0 aromatic carbocycles. The topological polar surface area (TPSA) is 81.4 Å². The highest BCUT2D eigenvalue weighted by molar-refractivity contribution is 5.89. The summed E-state index contributed by atoms with van der Waals surface area (Å²) in [6.45, 7) is 8.13. The van der Waals surface area contributed by atoms with Gasteiger partial charge in [0, 0.05) is 13.5 Å². The van der Waals surface area contributed by atoms with Gasteiger partial charge in [0.2, 0.25) is 5.75 Å². The first-order chi connectivity index (χ1) is 9.96. The fraction of sp³-hybridized carbons (Fsp3) is 0.667. The van der Waals surface area contributed by atoms with Gasteiger partial charge in [-0.05, 0) is 5.92 Å². The summed E-state index contributed by atoms with van der Waals surface area (Å²) < 4.78 is 5.79. The number of esters is 1. The molecule has 1 N–H and O–H groups in total. The van der Waals surface area contributed by atoms with Gasteiger partial charge in [-0.15, -0.1) is 0 Å². The van der Waals surface area contributed by atoms with E-state index in [4.69, 9.17) is 0 Å². The zero-order valence-corrected chi connectivity index (χ0v) is 13.8. The summed E-state index contributed by atoms with van der Waals surface area (Å²) in [6.07, 6.45) is 2.50. The maximum atomic E-state index is 11.9. The van der Waals surface area contributed by atoms with Gasteiger partial charge in [0.25, 0.3) is 5.56 Å². The fourth-order valence-electron chi connectivity index (χ4n) is 1.89. The van der Waals surface area contributed by atoms with E-state index in [9.17, 15) is 14.7 Å². The van der Waals surface area contributed by atoms with E-state index in [1.807, 2.05) is 13.8 Å². The van der Waals surface area contributed by atoms with E-state index in [2.05, 4.69) is 23.6 Å². The third-order valence-corrected chi connectivity index (χ3v) is 3.36. The van der Waals surface area contributed by atoms with Crippen LogP contribution in [0, 0.1) is 5.92 Å². The maximum Gasteiger partial charge on any atom is 0.360 e. The third kappa shape index (κ3) is 4.58. The van der Waals surface area contributed by atoms with Gasteiger partial charge >= 0.3 is 5.97 Å². The van der Waals surface area contributed by atoms with E-state index < -0.39 is 17.3 Å². The summed E-state index contributed by atoms with van der Waals surface area (Å²) in [7, 11) is 2.72. The van der Waals surface area contributed by atoms with Gasteiger partial charge in [-0.3, -0.25) is 9.36 Å². The Balaban J connectivity index is 0.00000191. The lowest BCUT2D eigenvalue weighted by Crippen LogP contribution is -2.26. The Hall–Kier alpha value is -1.85. The molecule has 0 unspecified atom stereocenters. The second-order valence-corrected chi connectivity index (χ2v) is 4.47.